The van der Waals surface area contributed by atoms with Crippen LogP contribution in [-0.4, -0.2) is 17.5 Å². The third-order valence-corrected chi connectivity index (χ3v) is 1.94. The van der Waals surface area contributed by atoms with Crippen LogP contribution < -0.4 is 11.1 Å². The van der Waals surface area contributed by atoms with Crippen LogP contribution in [0.15, 0.2) is 18.2 Å². The maximum atomic E-state index is 10.6. The van der Waals surface area contributed by atoms with Gasteiger partial charge < -0.3 is 11.1 Å². The van der Waals surface area contributed by atoms with Crippen LogP contribution in [0.5, 0.6) is 0 Å². The van der Waals surface area contributed by atoms with E-state index in [2.05, 4.69) is 5.32 Å². The first-order valence-electron chi connectivity index (χ1n) is 4.72. The molecule has 0 aromatic heterocycles. The first-order chi connectivity index (χ1) is 7.54. The van der Waals surface area contributed by atoms with Crippen LogP contribution in [0.1, 0.15) is 12.5 Å². The highest BCUT2D eigenvalue weighted by Gasteiger charge is 2.13. The second-order valence-electron chi connectivity index (χ2n) is 3.46. The Kier molecular flexibility index (Phi) is 3.80. The van der Waals surface area contributed by atoms with Crippen molar-refractivity contribution in [3.8, 4) is 6.07 Å². The molecule has 6 heteroatoms. The van der Waals surface area contributed by atoms with Crippen LogP contribution >= 0.6 is 0 Å². The van der Waals surface area contributed by atoms with E-state index in [4.69, 9.17) is 11.0 Å². The van der Waals surface area contributed by atoms with Crippen LogP contribution in [0.25, 0.3) is 0 Å². The Morgan fingerprint density at radius 3 is 2.88 bits per heavy atom. The van der Waals surface area contributed by atoms with Gasteiger partial charge in [0.1, 0.15) is 11.6 Å². The molecule has 0 aliphatic heterocycles. The monoisotopic (exact) mass is 220 g/mol. The minimum absolute atomic E-state index is 0.0271. The number of nitro groups is 1. The highest BCUT2D eigenvalue weighted by Crippen LogP contribution is 2.21. The molecular weight excluding hydrogens is 208 g/mol. The molecule has 0 radical (unpaired) electrons. The molecule has 1 aromatic rings. The van der Waals surface area contributed by atoms with E-state index in [0.29, 0.717) is 12.2 Å². The molecule has 0 heterocycles. The Morgan fingerprint density at radius 1 is 1.69 bits per heavy atom. The first-order valence-corrected chi connectivity index (χ1v) is 4.72. The van der Waals surface area contributed by atoms with E-state index in [-0.39, 0.29) is 17.3 Å². The summed E-state index contributed by atoms with van der Waals surface area (Å²) in [6.45, 7) is 2.38. The Bertz CT molecular complexity index is 437. The molecule has 0 amide bonds. The molecule has 1 unspecified atom stereocenters. The number of rotatable bonds is 4. The van der Waals surface area contributed by atoms with Gasteiger partial charge in [-0.3, -0.25) is 10.1 Å². The second kappa shape index (κ2) is 5.09. The number of benzene rings is 1. The minimum atomic E-state index is -0.576. The van der Waals surface area contributed by atoms with Crippen molar-refractivity contribution in [3.63, 3.8) is 0 Å². The number of nitrogens with zero attached hydrogens (tertiary/aromatic N) is 2. The van der Waals surface area contributed by atoms with Gasteiger partial charge in [0.15, 0.2) is 0 Å². The average Bonchev–Trinajstić information content (AvgIpc) is 2.25. The van der Waals surface area contributed by atoms with Crippen molar-refractivity contribution in [2.75, 3.05) is 11.9 Å². The summed E-state index contributed by atoms with van der Waals surface area (Å²) in [5.41, 5.74) is 6.06. The van der Waals surface area contributed by atoms with Crippen molar-refractivity contribution in [3.05, 3.63) is 33.9 Å². The van der Waals surface area contributed by atoms with Gasteiger partial charge in [-0.05, 0) is 19.1 Å². The average molecular weight is 220 g/mol. The molecule has 16 heavy (non-hydrogen) atoms. The fraction of sp³-hybridized carbons (Fsp3) is 0.300. The molecule has 1 aromatic carbocycles. The number of nitrogens with two attached hydrogens (primary N) is 1. The smallest absolute Gasteiger partial charge is 0.287 e. The number of anilines is 1. The molecule has 1 rings (SSSR count). The summed E-state index contributed by atoms with van der Waals surface area (Å²) in [6, 6.07) is 6.07. The van der Waals surface area contributed by atoms with Gasteiger partial charge in [-0.2, -0.15) is 5.26 Å². The predicted octanol–water partition coefficient (Wildman–Crippen LogP) is 1.23. The lowest BCUT2D eigenvalue weighted by molar-refractivity contribution is -0.385. The van der Waals surface area contributed by atoms with Crippen LogP contribution in [0.4, 0.5) is 11.4 Å². The summed E-state index contributed by atoms with van der Waals surface area (Å²) in [7, 11) is 0. The van der Waals surface area contributed by atoms with Crippen molar-refractivity contribution < 1.29 is 4.92 Å². The lowest BCUT2D eigenvalue weighted by Crippen LogP contribution is -2.25. The SMILES string of the molecule is CC(N)CNc1ccc([N+](=O)[O-])c(C#N)c1. The summed E-state index contributed by atoms with van der Waals surface area (Å²) in [6.07, 6.45) is 0. The van der Waals surface area contributed by atoms with E-state index in [0.717, 1.165) is 0 Å². The van der Waals surface area contributed by atoms with Gasteiger partial charge >= 0.3 is 0 Å². The van der Waals surface area contributed by atoms with Crippen molar-refractivity contribution in [1.29, 1.82) is 5.26 Å². The topological polar surface area (TPSA) is 105 Å². The standard InChI is InChI=1S/C10H12N4O2/c1-7(12)6-13-9-2-3-10(14(15)16)8(4-9)5-11/h2-4,7,13H,6,12H2,1H3. The Balaban J connectivity index is 2.92. The van der Waals surface area contributed by atoms with E-state index in [1.165, 1.54) is 12.1 Å². The molecule has 0 bridgehead atoms. The largest absolute Gasteiger partial charge is 0.383 e. The van der Waals surface area contributed by atoms with E-state index in [9.17, 15) is 10.1 Å². The first kappa shape index (κ1) is 11.9. The van der Waals surface area contributed by atoms with Crippen LogP contribution in [0.3, 0.4) is 0 Å². The molecule has 0 fully saturated rings. The zero-order chi connectivity index (χ0) is 12.1. The molecule has 84 valence electrons. The third kappa shape index (κ3) is 2.93. The van der Waals surface area contributed by atoms with Crippen LogP contribution in [0.2, 0.25) is 0 Å². The highest BCUT2D eigenvalue weighted by atomic mass is 16.6. The fourth-order valence-electron chi connectivity index (χ4n) is 1.17. The second-order valence-corrected chi connectivity index (χ2v) is 3.46. The van der Waals surface area contributed by atoms with Crippen LogP contribution in [-0.2, 0) is 0 Å². The normalized spacial score (nSPS) is 11.6. The highest BCUT2D eigenvalue weighted by molar-refractivity contribution is 5.58. The summed E-state index contributed by atoms with van der Waals surface area (Å²) >= 11 is 0. The number of nitro benzene ring substituents is 1. The van der Waals surface area contributed by atoms with Gasteiger partial charge in [0.2, 0.25) is 0 Å². The molecule has 0 saturated heterocycles. The van der Waals surface area contributed by atoms with E-state index < -0.39 is 4.92 Å². The van der Waals surface area contributed by atoms with Gasteiger partial charge in [-0.1, -0.05) is 0 Å². The summed E-state index contributed by atoms with van der Waals surface area (Å²) in [5.74, 6) is 0. The fourth-order valence-corrected chi connectivity index (χ4v) is 1.17. The lowest BCUT2D eigenvalue weighted by atomic mass is 10.1. The molecule has 3 N–H and O–H groups in total. The van der Waals surface area contributed by atoms with Crippen molar-refractivity contribution in [1.82, 2.24) is 0 Å². The molecule has 0 aliphatic rings. The quantitative estimate of drug-likeness (QED) is 0.586. The van der Waals surface area contributed by atoms with E-state index >= 15 is 0 Å². The molecule has 0 spiro atoms. The van der Waals surface area contributed by atoms with Crippen molar-refractivity contribution in [2.45, 2.75) is 13.0 Å². The lowest BCUT2D eigenvalue weighted by Gasteiger charge is -2.08. The molecule has 0 aliphatic carbocycles. The molecule has 6 nitrogen and oxygen atoms in total. The number of hydrogen-bond acceptors (Lipinski definition) is 5. The summed E-state index contributed by atoms with van der Waals surface area (Å²) < 4.78 is 0. The zero-order valence-electron chi connectivity index (χ0n) is 8.80. The summed E-state index contributed by atoms with van der Waals surface area (Å²) in [4.78, 5) is 10.00. The Morgan fingerprint density at radius 2 is 2.38 bits per heavy atom. The minimum Gasteiger partial charge on any atom is -0.383 e. The molecule has 1 atom stereocenters. The maximum absolute atomic E-state index is 10.6. The molecular formula is C10H12N4O2. The van der Waals surface area contributed by atoms with Gasteiger partial charge in [0.25, 0.3) is 5.69 Å². The number of nitrogens with one attached hydrogen (secondary N) is 1. The maximum Gasteiger partial charge on any atom is 0.287 e. The van der Waals surface area contributed by atoms with Crippen LogP contribution in [0, 0.1) is 21.4 Å². The number of nitriles is 1. The third-order valence-electron chi connectivity index (χ3n) is 1.94. The number of hydrogen-bond donors (Lipinski definition) is 2. The zero-order valence-corrected chi connectivity index (χ0v) is 8.80. The molecule has 0 saturated carbocycles. The van der Waals surface area contributed by atoms with Crippen molar-refractivity contribution >= 4 is 11.4 Å². The van der Waals surface area contributed by atoms with Gasteiger partial charge in [0.05, 0.1) is 4.92 Å². The van der Waals surface area contributed by atoms with Gasteiger partial charge in [0, 0.05) is 24.3 Å². The van der Waals surface area contributed by atoms with Crippen molar-refractivity contribution in [2.24, 2.45) is 5.73 Å². The predicted molar refractivity (Wildman–Crippen MR) is 60.0 cm³/mol. The van der Waals surface area contributed by atoms with Gasteiger partial charge in [-0.25, -0.2) is 0 Å². The van der Waals surface area contributed by atoms with E-state index in [1.54, 1.807) is 12.1 Å². The van der Waals surface area contributed by atoms with Gasteiger partial charge in [-0.15, -0.1) is 0 Å². The Hall–Kier alpha value is -2.13. The van der Waals surface area contributed by atoms with E-state index in [1.807, 2.05) is 6.92 Å². The Labute approximate surface area is 92.8 Å². The summed E-state index contributed by atoms with van der Waals surface area (Å²) in [5, 5.41) is 22.3.